The fourth-order valence-corrected chi connectivity index (χ4v) is 2.92. The van der Waals surface area contributed by atoms with Gasteiger partial charge in [0.15, 0.2) is 0 Å². The molecule has 1 unspecified atom stereocenters. The average Bonchev–Trinajstić information content (AvgIpc) is 2.83. The van der Waals surface area contributed by atoms with E-state index in [9.17, 15) is 0 Å². The molecular formula is C20H31N2+. The van der Waals surface area contributed by atoms with E-state index in [2.05, 4.69) is 99.7 Å². The molecule has 0 radical (unpaired) electrons. The van der Waals surface area contributed by atoms with Crippen LogP contribution in [0.3, 0.4) is 0 Å². The van der Waals surface area contributed by atoms with E-state index in [0.717, 1.165) is 6.54 Å². The maximum Gasteiger partial charge on any atom is 0.244 e. The highest BCUT2D eigenvalue weighted by Gasteiger charge is 2.34. The molecule has 1 heterocycles. The van der Waals surface area contributed by atoms with Gasteiger partial charge in [0.2, 0.25) is 6.33 Å². The van der Waals surface area contributed by atoms with E-state index in [-0.39, 0.29) is 5.41 Å². The summed E-state index contributed by atoms with van der Waals surface area (Å²) in [6.07, 6.45) is 7.85. The van der Waals surface area contributed by atoms with E-state index in [0.29, 0.717) is 11.5 Å². The molecule has 0 saturated carbocycles. The molecule has 0 bridgehead atoms. The maximum absolute atomic E-state index is 2.40. The van der Waals surface area contributed by atoms with Crippen LogP contribution in [0.5, 0.6) is 0 Å². The fraction of sp³-hybridized carbons (Fsp3) is 0.550. The van der Waals surface area contributed by atoms with Crippen LogP contribution in [0.2, 0.25) is 0 Å². The molecule has 2 heteroatoms. The molecule has 0 fully saturated rings. The van der Waals surface area contributed by atoms with Crippen LogP contribution in [0.4, 0.5) is 0 Å². The van der Waals surface area contributed by atoms with E-state index in [1.54, 1.807) is 0 Å². The molecule has 120 valence electrons. The maximum atomic E-state index is 2.40. The Morgan fingerprint density at radius 1 is 1.00 bits per heavy atom. The van der Waals surface area contributed by atoms with Gasteiger partial charge in [0.05, 0.1) is 0 Å². The van der Waals surface area contributed by atoms with E-state index < -0.39 is 0 Å². The van der Waals surface area contributed by atoms with Crippen LogP contribution in [0.15, 0.2) is 49.1 Å². The minimum Gasteiger partial charge on any atom is -0.234 e. The zero-order chi connectivity index (χ0) is 16.4. The molecule has 2 aromatic rings. The Kier molecular flexibility index (Phi) is 4.79. The zero-order valence-corrected chi connectivity index (χ0v) is 15.0. The van der Waals surface area contributed by atoms with Crippen LogP contribution in [0.25, 0.3) is 0 Å². The summed E-state index contributed by atoms with van der Waals surface area (Å²) in [6.45, 7) is 14.9. The molecule has 0 aliphatic carbocycles. The number of imidazole rings is 1. The monoisotopic (exact) mass is 299 g/mol. The predicted molar refractivity (Wildman–Crippen MR) is 92.7 cm³/mol. The number of hydrogen-bond acceptors (Lipinski definition) is 0. The van der Waals surface area contributed by atoms with E-state index in [1.165, 1.54) is 12.0 Å². The topological polar surface area (TPSA) is 8.81 Å². The summed E-state index contributed by atoms with van der Waals surface area (Å²) < 4.78 is 4.67. The van der Waals surface area contributed by atoms with Gasteiger partial charge >= 0.3 is 0 Å². The molecule has 2 rings (SSSR count). The summed E-state index contributed by atoms with van der Waals surface area (Å²) in [6, 6.07) is 11.1. The van der Waals surface area contributed by atoms with E-state index in [1.807, 2.05) is 0 Å². The summed E-state index contributed by atoms with van der Waals surface area (Å²) >= 11 is 0. The first-order valence-corrected chi connectivity index (χ1v) is 8.26. The van der Waals surface area contributed by atoms with Crippen LogP contribution in [0.1, 0.15) is 59.6 Å². The Bertz CT molecular complexity index is 582. The van der Waals surface area contributed by atoms with Gasteiger partial charge in [-0.05, 0) is 17.4 Å². The van der Waals surface area contributed by atoms with Crippen molar-refractivity contribution in [2.75, 3.05) is 0 Å². The fourth-order valence-electron chi connectivity index (χ4n) is 2.92. The number of benzene rings is 1. The number of aromatic nitrogens is 2. The largest absolute Gasteiger partial charge is 0.244 e. The molecule has 0 aliphatic rings. The van der Waals surface area contributed by atoms with Gasteiger partial charge in [0.1, 0.15) is 25.0 Å². The molecule has 1 atom stereocenters. The van der Waals surface area contributed by atoms with Crippen molar-refractivity contribution in [2.45, 2.75) is 60.5 Å². The lowest BCUT2D eigenvalue weighted by molar-refractivity contribution is -0.688. The van der Waals surface area contributed by atoms with Crippen LogP contribution in [-0.4, -0.2) is 4.57 Å². The lowest BCUT2D eigenvalue weighted by Crippen LogP contribution is -2.33. The quantitative estimate of drug-likeness (QED) is 0.714. The normalized spacial score (nSPS) is 14.1. The second kappa shape index (κ2) is 6.28. The third-order valence-corrected chi connectivity index (χ3v) is 4.09. The first kappa shape index (κ1) is 16.8. The van der Waals surface area contributed by atoms with Crippen molar-refractivity contribution in [3.8, 4) is 0 Å². The summed E-state index contributed by atoms with van der Waals surface area (Å²) in [4.78, 5) is 0. The number of nitrogens with zero attached hydrogens (tertiary/aromatic N) is 2. The Hall–Kier alpha value is -1.57. The third-order valence-electron chi connectivity index (χ3n) is 4.09. The predicted octanol–water partition coefficient (Wildman–Crippen LogP) is 4.85. The van der Waals surface area contributed by atoms with Crippen LogP contribution in [0, 0.1) is 10.8 Å². The number of hydrogen-bond donors (Lipinski definition) is 0. The lowest BCUT2D eigenvalue weighted by atomic mass is 9.77. The van der Waals surface area contributed by atoms with Gasteiger partial charge in [-0.3, -0.25) is 0 Å². The highest BCUT2D eigenvalue weighted by atomic mass is 15.1. The highest BCUT2D eigenvalue weighted by Crippen LogP contribution is 2.39. The molecule has 0 N–H and O–H groups in total. The average molecular weight is 299 g/mol. The minimum absolute atomic E-state index is 0.247. The Balaban J connectivity index is 2.20. The molecule has 0 amide bonds. The van der Waals surface area contributed by atoms with Gasteiger partial charge in [0, 0.05) is 5.41 Å². The van der Waals surface area contributed by atoms with Gasteiger partial charge in [0.25, 0.3) is 0 Å². The van der Waals surface area contributed by atoms with Crippen molar-refractivity contribution in [1.29, 1.82) is 0 Å². The summed E-state index contributed by atoms with van der Waals surface area (Å²) in [5, 5.41) is 0. The molecule has 0 saturated heterocycles. The van der Waals surface area contributed by atoms with Crippen molar-refractivity contribution in [1.82, 2.24) is 4.57 Å². The van der Waals surface area contributed by atoms with Crippen LogP contribution >= 0.6 is 0 Å². The van der Waals surface area contributed by atoms with Crippen LogP contribution in [-0.2, 0) is 6.54 Å². The Morgan fingerprint density at radius 3 is 2.18 bits per heavy atom. The van der Waals surface area contributed by atoms with Gasteiger partial charge < -0.3 is 0 Å². The summed E-state index contributed by atoms with van der Waals surface area (Å²) in [5.74, 6) is 0. The molecule has 22 heavy (non-hydrogen) atoms. The first-order valence-electron chi connectivity index (χ1n) is 8.26. The van der Waals surface area contributed by atoms with Crippen molar-refractivity contribution < 1.29 is 4.57 Å². The molecule has 2 nitrogen and oxygen atoms in total. The third kappa shape index (κ3) is 4.72. The molecule has 0 spiro atoms. The minimum atomic E-state index is 0.247. The first-order chi connectivity index (χ1) is 10.1. The smallest absolute Gasteiger partial charge is 0.234 e. The molecular weight excluding hydrogens is 268 g/mol. The lowest BCUT2D eigenvalue weighted by Gasteiger charge is -2.33. The SMILES string of the molecule is CC(C)(C)CC(n1cc[n+](Cc2ccccc2)c1)C(C)(C)C. The number of rotatable bonds is 4. The summed E-state index contributed by atoms with van der Waals surface area (Å²) in [5.41, 5.74) is 1.91. The Labute approximate surface area is 135 Å². The molecule has 1 aromatic carbocycles. The molecule has 1 aromatic heterocycles. The van der Waals surface area contributed by atoms with Gasteiger partial charge in [-0.15, -0.1) is 0 Å². The highest BCUT2D eigenvalue weighted by molar-refractivity contribution is 5.13. The van der Waals surface area contributed by atoms with E-state index >= 15 is 0 Å². The van der Waals surface area contributed by atoms with Crippen molar-refractivity contribution in [3.63, 3.8) is 0 Å². The van der Waals surface area contributed by atoms with Crippen molar-refractivity contribution >= 4 is 0 Å². The van der Waals surface area contributed by atoms with Gasteiger partial charge in [-0.2, -0.15) is 0 Å². The standard InChI is InChI=1S/C20H31N2/c1-19(2,3)14-18(20(4,5)6)22-13-12-21(16-22)15-17-10-8-7-9-11-17/h7-13,16,18H,14-15H2,1-6H3/q+1. The summed E-state index contributed by atoms with van der Waals surface area (Å²) in [7, 11) is 0. The second-order valence-corrected chi connectivity index (χ2v) is 8.67. The van der Waals surface area contributed by atoms with E-state index in [4.69, 9.17) is 0 Å². The zero-order valence-electron chi connectivity index (χ0n) is 15.0. The van der Waals surface area contributed by atoms with Crippen molar-refractivity contribution in [3.05, 3.63) is 54.6 Å². The van der Waals surface area contributed by atoms with Gasteiger partial charge in [-0.25, -0.2) is 9.13 Å². The second-order valence-electron chi connectivity index (χ2n) is 8.67. The van der Waals surface area contributed by atoms with Gasteiger partial charge in [-0.1, -0.05) is 71.9 Å². The van der Waals surface area contributed by atoms with Crippen molar-refractivity contribution in [2.24, 2.45) is 10.8 Å². The molecule has 0 aliphatic heterocycles. The van der Waals surface area contributed by atoms with Crippen LogP contribution < -0.4 is 4.57 Å². The Morgan fingerprint density at radius 2 is 1.64 bits per heavy atom.